The van der Waals surface area contributed by atoms with Crippen LogP contribution in [0.4, 0.5) is 0 Å². The molecule has 200 valence electrons. The first-order valence-corrected chi connectivity index (χ1v) is 17.7. The minimum atomic E-state index is -3.11. The summed E-state index contributed by atoms with van der Waals surface area (Å²) in [7, 11) is -5.95. The Kier molecular flexibility index (Phi) is 11.1. The first-order valence-electron chi connectivity index (χ1n) is 13.9. The zero-order valence-electron chi connectivity index (χ0n) is 22.6. The summed E-state index contributed by atoms with van der Waals surface area (Å²) in [6.07, 6.45) is 8.33. The smallest absolute Gasteiger partial charge is 0.374 e. The van der Waals surface area contributed by atoms with Gasteiger partial charge in [-0.15, -0.1) is 0 Å². The van der Waals surface area contributed by atoms with Crippen LogP contribution in [0.15, 0.2) is 0 Å². The van der Waals surface area contributed by atoms with E-state index >= 15 is 0 Å². The molecular formula is C25H50O7Si2. The average Bonchev–Trinajstić information content (AvgIpc) is 2.77. The molecule has 0 saturated heterocycles. The monoisotopic (exact) mass is 518 g/mol. The summed E-state index contributed by atoms with van der Waals surface area (Å²) >= 11 is 0. The highest BCUT2D eigenvalue weighted by molar-refractivity contribution is 6.63. The van der Waals surface area contributed by atoms with E-state index in [1.54, 1.807) is 0 Å². The summed E-state index contributed by atoms with van der Waals surface area (Å²) in [6.45, 7) is 15.4. The molecule has 1 atom stereocenters. The van der Waals surface area contributed by atoms with Crippen molar-refractivity contribution in [3.8, 4) is 0 Å². The molecule has 0 spiro atoms. The van der Waals surface area contributed by atoms with Gasteiger partial charge in [0.25, 0.3) is 0 Å². The Hall–Kier alpha value is 0.154. The maximum Gasteiger partial charge on any atom is 0.531 e. The molecule has 4 fully saturated rings. The van der Waals surface area contributed by atoms with Gasteiger partial charge in [-0.25, -0.2) is 0 Å². The number of rotatable bonds is 18. The first-order chi connectivity index (χ1) is 16.4. The van der Waals surface area contributed by atoms with E-state index in [2.05, 4.69) is 0 Å². The molecule has 0 radical (unpaired) electrons. The molecule has 0 amide bonds. The van der Waals surface area contributed by atoms with Crippen LogP contribution in [0.2, 0.25) is 6.04 Å². The van der Waals surface area contributed by atoms with Crippen LogP contribution < -0.4 is 0 Å². The fraction of sp³-hybridized carbons (Fsp3) is 1.00. The Morgan fingerprint density at radius 1 is 0.618 bits per heavy atom. The van der Waals surface area contributed by atoms with Crippen molar-refractivity contribution in [2.75, 3.05) is 39.6 Å². The highest BCUT2D eigenvalue weighted by Crippen LogP contribution is 2.58. The van der Waals surface area contributed by atoms with Crippen LogP contribution in [0.3, 0.4) is 0 Å². The quantitative estimate of drug-likeness (QED) is 0.226. The molecule has 4 bridgehead atoms. The highest BCUT2D eigenvalue weighted by atomic mass is 28.4. The number of hydrogen-bond acceptors (Lipinski definition) is 7. The maximum absolute atomic E-state index is 7.25. The molecule has 4 aliphatic rings. The van der Waals surface area contributed by atoms with Crippen LogP contribution in [0.1, 0.15) is 86.5 Å². The second kappa shape index (κ2) is 13.1. The van der Waals surface area contributed by atoms with Crippen molar-refractivity contribution in [3.05, 3.63) is 0 Å². The lowest BCUT2D eigenvalue weighted by atomic mass is 9.54. The van der Waals surface area contributed by atoms with Gasteiger partial charge in [-0.3, -0.25) is 0 Å². The molecule has 4 rings (SSSR count). The lowest BCUT2D eigenvalue weighted by Crippen LogP contribution is -2.63. The van der Waals surface area contributed by atoms with Gasteiger partial charge in [0.05, 0.1) is 5.60 Å². The molecule has 0 aromatic rings. The maximum atomic E-state index is 7.25. The van der Waals surface area contributed by atoms with Crippen molar-refractivity contribution in [2.45, 2.75) is 104 Å². The zero-order valence-corrected chi connectivity index (χ0v) is 24.6. The van der Waals surface area contributed by atoms with E-state index in [0.717, 1.165) is 37.0 Å². The topological polar surface area (TPSA) is 64.6 Å². The molecule has 7 nitrogen and oxygen atoms in total. The van der Waals surface area contributed by atoms with Crippen molar-refractivity contribution in [1.29, 1.82) is 0 Å². The average molecular weight is 519 g/mol. The third-order valence-electron chi connectivity index (χ3n) is 7.61. The standard InChI is InChI=1S/C25H50O7Si2/c1-7-26-33(27-8-2,28-9-3)14-13-24(34(29-10-4,30-11-5)31-12-6)32-25-18-21-15-22(19-25)17-23(16-21)20-25/h21-24H,7-20H2,1-6H3. The van der Waals surface area contributed by atoms with Crippen LogP contribution in [-0.2, 0) is 31.3 Å². The summed E-state index contributed by atoms with van der Waals surface area (Å²) in [5.41, 5.74) is -0.326. The van der Waals surface area contributed by atoms with Crippen LogP contribution in [0.5, 0.6) is 0 Å². The van der Waals surface area contributed by atoms with Crippen LogP contribution in [0, 0.1) is 17.8 Å². The molecule has 9 heteroatoms. The van der Waals surface area contributed by atoms with E-state index in [1.807, 2.05) is 41.5 Å². The molecule has 0 N–H and O–H groups in total. The van der Waals surface area contributed by atoms with E-state index < -0.39 is 17.6 Å². The van der Waals surface area contributed by atoms with Gasteiger partial charge in [0.1, 0.15) is 5.73 Å². The largest absolute Gasteiger partial charge is 0.531 e. The summed E-state index contributed by atoms with van der Waals surface area (Å²) < 4.78 is 45.0. The molecule has 0 aromatic heterocycles. The first kappa shape index (κ1) is 28.7. The van der Waals surface area contributed by atoms with Crippen LogP contribution >= 0.6 is 0 Å². The highest BCUT2D eigenvalue weighted by Gasteiger charge is 2.58. The Labute approximate surface area is 210 Å². The molecule has 34 heavy (non-hydrogen) atoms. The second-order valence-corrected chi connectivity index (χ2v) is 15.6. The Morgan fingerprint density at radius 3 is 1.35 bits per heavy atom. The molecule has 0 heterocycles. The van der Waals surface area contributed by atoms with Crippen molar-refractivity contribution in [3.63, 3.8) is 0 Å². The molecule has 1 unspecified atom stereocenters. The fourth-order valence-electron chi connectivity index (χ4n) is 7.10. The Balaban J connectivity index is 1.89. The predicted octanol–water partition coefficient (Wildman–Crippen LogP) is 5.37. The van der Waals surface area contributed by atoms with Gasteiger partial charge in [0, 0.05) is 45.7 Å². The van der Waals surface area contributed by atoms with Gasteiger partial charge in [-0.05, 0) is 104 Å². The van der Waals surface area contributed by atoms with Crippen molar-refractivity contribution in [2.24, 2.45) is 17.8 Å². The van der Waals surface area contributed by atoms with E-state index in [1.165, 1.54) is 19.3 Å². The lowest BCUT2D eigenvalue weighted by Gasteiger charge is -2.57. The van der Waals surface area contributed by atoms with E-state index in [9.17, 15) is 0 Å². The van der Waals surface area contributed by atoms with Crippen molar-refractivity contribution >= 4 is 17.6 Å². The Morgan fingerprint density at radius 2 is 1.00 bits per heavy atom. The molecule has 0 aromatic carbocycles. The fourth-order valence-corrected chi connectivity index (χ4v) is 12.9. The third kappa shape index (κ3) is 6.72. The minimum absolute atomic E-state index is 0.0734. The van der Waals surface area contributed by atoms with E-state index in [4.69, 9.17) is 31.3 Å². The van der Waals surface area contributed by atoms with E-state index in [-0.39, 0.29) is 11.3 Å². The summed E-state index contributed by atoms with van der Waals surface area (Å²) in [5.74, 6) is 2.41. The zero-order chi connectivity index (χ0) is 24.7. The number of hydrogen-bond donors (Lipinski definition) is 0. The molecule has 4 saturated carbocycles. The van der Waals surface area contributed by atoms with Crippen molar-refractivity contribution in [1.82, 2.24) is 0 Å². The summed E-state index contributed by atoms with van der Waals surface area (Å²) in [5, 5.41) is 0. The van der Waals surface area contributed by atoms with E-state index in [0.29, 0.717) is 52.1 Å². The van der Waals surface area contributed by atoms with Gasteiger partial charge in [-0.1, -0.05) is 0 Å². The summed E-state index contributed by atoms with van der Waals surface area (Å²) in [4.78, 5) is 0. The lowest BCUT2D eigenvalue weighted by molar-refractivity contribution is -0.186. The van der Waals surface area contributed by atoms with Crippen LogP contribution in [0.25, 0.3) is 0 Å². The second-order valence-electron chi connectivity index (χ2n) is 10.1. The van der Waals surface area contributed by atoms with Gasteiger partial charge >= 0.3 is 17.6 Å². The summed E-state index contributed by atoms with van der Waals surface area (Å²) in [6, 6.07) is 0.668. The minimum Gasteiger partial charge on any atom is -0.374 e. The third-order valence-corrected chi connectivity index (χ3v) is 14.0. The molecular weight excluding hydrogens is 468 g/mol. The van der Waals surface area contributed by atoms with Gasteiger partial charge < -0.3 is 31.3 Å². The molecule has 0 aliphatic heterocycles. The molecule has 4 aliphatic carbocycles. The van der Waals surface area contributed by atoms with Gasteiger partial charge in [-0.2, -0.15) is 0 Å². The van der Waals surface area contributed by atoms with Gasteiger partial charge in [0.2, 0.25) is 0 Å². The predicted molar refractivity (Wildman–Crippen MR) is 136 cm³/mol. The van der Waals surface area contributed by atoms with Crippen molar-refractivity contribution < 1.29 is 31.3 Å². The number of ether oxygens (including phenoxy) is 1. The SMILES string of the molecule is CCO[Si](CCC(OC12CC3CC(CC(C3)C1)C2)[Si](OCC)(OCC)OCC)(OCC)OCC. The van der Waals surface area contributed by atoms with Crippen LogP contribution in [-0.4, -0.2) is 68.6 Å². The Bertz CT molecular complexity index is 536. The van der Waals surface area contributed by atoms with Gasteiger partial charge in [0.15, 0.2) is 0 Å². The normalized spacial score (nSPS) is 29.6.